The van der Waals surface area contributed by atoms with Crippen LogP contribution in [0.2, 0.25) is 0 Å². The number of nitrogens with zero attached hydrogens (tertiary/aromatic N) is 1. The maximum absolute atomic E-state index is 5.30. The normalized spacial score (nSPS) is 17.0. The molecule has 0 radical (unpaired) electrons. The Balaban J connectivity index is 0.000000927. The Labute approximate surface area is 429 Å². The van der Waals surface area contributed by atoms with E-state index < -0.39 is 0 Å². The molecule has 0 fully saturated rings. The molecular weight excluding hydrogens is 867 g/mol. The summed E-state index contributed by atoms with van der Waals surface area (Å²) >= 11 is 0. The number of rotatable bonds is 8. The lowest BCUT2D eigenvalue weighted by Gasteiger charge is -2.29. The maximum Gasteiger partial charge on any atom is 0.0661 e. The minimum atomic E-state index is 0.408. The number of hydrogen-bond acceptors (Lipinski definition) is 1. The van der Waals surface area contributed by atoms with Gasteiger partial charge in [0.2, 0.25) is 0 Å². The summed E-state index contributed by atoms with van der Waals surface area (Å²) in [7, 11) is 0. The Morgan fingerprint density at radius 3 is 2.00 bits per heavy atom. The standard InChI is InChI=1S/C65H63N.C6H6/c1-8-18-62(50-35-32-48(33-36-50)47-19-10-9-11-20-47)66-44(5)39-43(4)45(6)55-38-30-42(3)63-58-23-14-15-24-59(58)64-56(27-17-28-60(64)65(55)63)51-37-34-49-31-29-41(2)52-21-12-13-22-57(52)53-25-16-26-54(46(53)7)61(49)40-51;1-2-4-6-5-3-1/h9-12,14-21,23-28,32-38,40-42H,8,13,22,29-31,39H2,1-7H3;1-6H/b45-43-,62-18+,66-44?;. The number of fused-ring (bicyclic) bond motifs is 11. The van der Waals surface area contributed by atoms with Gasteiger partial charge in [-0.25, -0.2) is 0 Å². The molecule has 0 spiro atoms. The minimum absolute atomic E-state index is 0.408. The molecule has 2 atom stereocenters. The van der Waals surface area contributed by atoms with Crippen molar-refractivity contribution < 1.29 is 0 Å². The van der Waals surface area contributed by atoms with Crippen molar-refractivity contribution in [1.29, 1.82) is 0 Å². The van der Waals surface area contributed by atoms with Gasteiger partial charge < -0.3 is 0 Å². The van der Waals surface area contributed by atoms with E-state index in [1.807, 2.05) is 36.4 Å². The summed E-state index contributed by atoms with van der Waals surface area (Å²) in [4.78, 5) is 5.30. The van der Waals surface area contributed by atoms with Crippen molar-refractivity contribution in [2.24, 2.45) is 10.9 Å². The first-order chi connectivity index (χ1) is 35.2. The summed E-state index contributed by atoms with van der Waals surface area (Å²) in [5, 5.41) is 5.43. The molecule has 3 aliphatic rings. The Morgan fingerprint density at radius 1 is 0.611 bits per heavy atom. The van der Waals surface area contributed by atoms with Gasteiger partial charge in [-0.15, -0.1) is 0 Å². The van der Waals surface area contributed by atoms with E-state index in [9.17, 15) is 0 Å². The average molecular weight is 936 g/mol. The van der Waals surface area contributed by atoms with Gasteiger partial charge in [0.15, 0.2) is 0 Å². The summed E-state index contributed by atoms with van der Waals surface area (Å²) in [5.74, 6) is 0.923. The Bertz CT molecular complexity index is 3450. The molecule has 8 aromatic rings. The van der Waals surface area contributed by atoms with Gasteiger partial charge in [0.1, 0.15) is 0 Å². The van der Waals surface area contributed by atoms with E-state index in [0.29, 0.717) is 11.8 Å². The fourth-order valence-electron chi connectivity index (χ4n) is 11.9. The van der Waals surface area contributed by atoms with Crippen molar-refractivity contribution in [3.63, 3.8) is 0 Å². The average Bonchev–Trinajstić information content (AvgIpc) is 3.42. The van der Waals surface area contributed by atoms with Gasteiger partial charge >= 0.3 is 0 Å². The molecule has 1 heteroatoms. The molecule has 358 valence electrons. The molecule has 2 unspecified atom stereocenters. The van der Waals surface area contributed by atoms with E-state index in [0.717, 1.165) is 61.9 Å². The molecule has 0 amide bonds. The summed E-state index contributed by atoms with van der Waals surface area (Å²) in [6.07, 6.45) is 16.8. The highest BCUT2D eigenvalue weighted by Gasteiger charge is 2.28. The fourth-order valence-corrected chi connectivity index (χ4v) is 11.9. The van der Waals surface area contributed by atoms with Crippen molar-refractivity contribution >= 4 is 44.1 Å². The SMILES string of the molecule is CC/C=C(/N=C(C)C/C(C)=C(/C)C1=CCC(C)c2c1c1cccc(-c3ccc4c(c3)-c3cccc(c3C)C3=C(C=CCC3)C(C)CC4)c1c1ccccc21)c1ccc(-c2ccccc2)cc1.c1ccccc1. The molecule has 8 aromatic carbocycles. The van der Waals surface area contributed by atoms with E-state index in [4.69, 9.17) is 4.99 Å². The number of allylic oxidation sites excluding steroid dienone is 9. The molecule has 3 aliphatic carbocycles. The van der Waals surface area contributed by atoms with Crippen molar-refractivity contribution in [1.82, 2.24) is 0 Å². The zero-order valence-corrected chi connectivity index (χ0v) is 43.5. The smallest absolute Gasteiger partial charge is 0.0661 e. The lowest BCUT2D eigenvalue weighted by Crippen LogP contribution is -2.09. The van der Waals surface area contributed by atoms with Crippen molar-refractivity contribution in [2.75, 3.05) is 0 Å². The molecule has 0 saturated heterocycles. The lowest BCUT2D eigenvalue weighted by molar-refractivity contribution is 0.622. The van der Waals surface area contributed by atoms with Crippen LogP contribution in [-0.2, 0) is 6.42 Å². The second-order valence-corrected chi connectivity index (χ2v) is 20.5. The zero-order chi connectivity index (χ0) is 49.7. The van der Waals surface area contributed by atoms with Gasteiger partial charge in [-0.3, -0.25) is 4.99 Å². The van der Waals surface area contributed by atoms with Crippen LogP contribution in [0.5, 0.6) is 0 Å². The first-order valence-corrected chi connectivity index (χ1v) is 26.6. The topological polar surface area (TPSA) is 12.4 Å². The van der Waals surface area contributed by atoms with Gasteiger partial charge in [0, 0.05) is 12.1 Å². The van der Waals surface area contributed by atoms with Gasteiger partial charge in [-0.2, -0.15) is 0 Å². The van der Waals surface area contributed by atoms with E-state index in [1.54, 1.807) is 5.57 Å². The third-order valence-corrected chi connectivity index (χ3v) is 15.7. The zero-order valence-electron chi connectivity index (χ0n) is 43.5. The highest BCUT2D eigenvalue weighted by atomic mass is 14.8. The second kappa shape index (κ2) is 21.6. The number of benzene rings is 8. The van der Waals surface area contributed by atoms with Crippen LogP contribution in [-0.4, -0.2) is 5.71 Å². The highest BCUT2D eigenvalue weighted by molar-refractivity contribution is 6.20. The van der Waals surface area contributed by atoms with Crippen LogP contribution in [0.25, 0.3) is 71.8 Å². The molecular formula is C71H69N. The Kier molecular flexibility index (Phi) is 14.5. The van der Waals surface area contributed by atoms with Crippen LogP contribution in [0, 0.1) is 12.8 Å². The molecule has 72 heavy (non-hydrogen) atoms. The minimum Gasteiger partial charge on any atom is -0.258 e. The van der Waals surface area contributed by atoms with Crippen LogP contribution in [0.4, 0.5) is 0 Å². The van der Waals surface area contributed by atoms with Gasteiger partial charge in [-0.05, 0) is 195 Å². The van der Waals surface area contributed by atoms with Crippen molar-refractivity contribution in [2.45, 2.75) is 99.3 Å². The third-order valence-electron chi connectivity index (χ3n) is 15.7. The molecule has 0 aliphatic heterocycles. The summed E-state index contributed by atoms with van der Waals surface area (Å²) in [5.41, 5.74) is 25.5. The van der Waals surface area contributed by atoms with Crippen LogP contribution in [0.3, 0.4) is 0 Å². The van der Waals surface area contributed by atoms with Gasteiger partial charge in [0.25, 0.3) is 0 Å². The third kappa shape index (κ3) is 9.70. The predicted molar refractivity (Wildman–Crippen MR) is 314 cm³/mol. The molecule has 0 N–H and O–H groups in total. The van der Waals surface area contributed by atoms with E-state index >= 15 is 0 Å². The summed E-state index contributed by atoms with van der Waals surface area (Å²) < 4.78 is 0. The van der Waals surface area contributed by atoms with Crippen LogP contribution in [0.15, 0.2) is 216 Å². The van der Waals surface area contributed by atoms with E-state index in [2.05, 4.69) is 206 Å². The number of aliphatic imine (C=N–C) groups is 1. The van der Waals surface area contributed by atoms with E-state index in [1.165, 1.54) is 105 Å². The first kappa shape index (κ1) is 48.3. The summed E-state index contributed by atoms with van der Waals surface area (Å²) in [6.45, 7) is 16.3. The largest absolute Gasteiger partial charge is 0.258 e. The molecule has 0 saturated carbocycles. The molecule has 11 rings (SSSR count). The van der Waals surface area contributed by atoms with E-state index in [-0.39, 0.29) is 0 Å². The molecule has 2 bridgehead atoms. The predicted octanol–water partition coefficient (Wildman–Crippen LogP) is 20.2. The Hall–Kier alpha value is -7.35. The van der Waals surface area contributed by atoms with Crippen LogP contribution >= 0.6 is 0 Å². The van der Waals surface area contributed by atoms with Crippen LogP contribution < -0.4 is 0 Å². The maximum atomic E-state index is 5.30. The molecule has 1 nitrogen and oxygen atoms in total. The van der Waals surface area contributed by atoms with Crippen molar-refractivity contribution in [3.05, 3.63) is 244 Å². The monoisotopic (exact) mass is 936 g/mol. The summed E-state index contributed by atoms with van der Waals surface area (Å²) in [6, 6.07) is 62.2. The highest BCUT2D eigenvalue weighted by Crippen LogP contribution is 2.50. The second-order valence-electron chi connectivity index (χ2n) is 20.5. The fraction of sp³-hybridized carbons (Fsp3) is 0.225. The number of aryl methyl sites for hydroxylation is 1. The first-order valence-electron chi connectivity index (χ1n) is 26.6. The van der Waals surface area contributed by atoms with Gasteiger partial charge in [-0.1, -0.05) is 214 Å². The quantitative estimate of drug-likeness (QED) is 0.106. The van der Waals surface area contributed by atoms with Crippen LogP contribution in [0.1, 0.15) is 119 Å². The lowest BCUT2D eigenvalue weighted by atomic mass is 9.74. The number of hydrogen-bond donors (Lipinski definition) is 0. The molecule has 0 heterocycles. The van der Waals surface area contributed by atoms with Gasteiger partial charge in [0.05, 0.1) is 5.70 Å². The Morgan fingerprint density at radius 2 is 1.25 bits per heavy atom. The van der Waals surface area contributed by atoms with Crippen molar-refractivity contribution in [3.8, 4) is 33.4 Å². The molecule has 0 aromatic heterocycles.